The number of benzene rings is 1. The predicted molar refractivity (Wildman–Crippen MR) is 76.7 cm³/mol. The van der Waals surface area contributed by atoms with E-state index in [0.717, 1.165) is 23.5 Å². The normalized spacial score (nSPS) is 11.1. The third-order valence-electron chi connectivity index (χ3n) is 3.25. The first-order valence-corrected chi connectivity index (χ1v) is 6.31. The van der Waals surface area contributed by atoms with Gasteiger partial charge in [0.25, 0.3) is 0 Å². The molecular weight excluding hydrogens is 236 g/mol. The molecule has 0 saturated carbocycles. The van der Waals surface area contributed by atoms with Gasteiger partial charge in [-0.05, 0) is 25.2 Å². The fourth-order valence-electron chi connectivity index (χ4n) is 2.32. The maximum absolute atomic E-state index is 4.33. The first-order valence-electron chi connectivity index (χ1n) is 6.31. The van der Waals surface area contributed by atoms with Crippen molar-refractivity contribution in [3.8, 4) is 11.3 Å². The largest absolute Gasteiger partial charge is 0.350 e. The zero-order chi connectivity index (χ0) is 13.2. The third-order valence-corrected chi connectivity index (χ3v) is 3.25. The van der Waals surface area contributed by atoms with Crippen LogP contribution in [0.3, 0.4) is 0 Å². The van der Waals surface area contributed by atoms with Crippen LogP contribution in [-0.2, 0) is 13.6 Å². The molecule has 0 atom stereocenters. The smallest absolute Gasteiger partial charge is 0.0951 e. The summed E-state index contributed by atoms with van der Waals surface area (Å²) in [6.45, 7) is 0.739. The zero-order valence-corrected chi connectivity index (χ0v) is 11.1. The predicted octanol–water partition coefficient (Wildman–Crippen LogP) is 2.35. The van der Waals surface area contributed by atoms with Crippen LogP contribution in [0.2, 0.25) is 0 Å². The van der Waals surface area contributed by atoms with Gasteiger partial charge in [0.2, 0.25) is 0 Å². The quantitative estimate of drug-likeness (QED) is 0.778. The second-order valence-corrected chi connectivity index (χ2v) is 4.61. The highest BCUT2D eigenvalue weighted by Gasteiger charge is 2.09. The molecule has 1 aromatic carbocycles. The molecule has 0 radical (unpaired) electrons. The van der Waals surface area contributed by atoms with Crippen molar-refractivity contribution < 1.29 is 0 Å². The Balaban J connectivity index is 2.09. The Hall–Kier alpha value is -2.20. The lowest BCUT2D eigenvalue weighted by Crippen LogP contribution is -2.07. The van der Waals surface area contributed by atoms with Crippen LogP contribution in [0.15, 0.2) is 42.6 Å². The minimum Gasteiger partial charge on any atom is -0.350 e. The van der Waals surface area contributed by atoms with Crippen molar-refractivity contribution in [3.05, 3.63) is 48.3 Å². The van der Waals surface area contributed by atoms with Crippen molar-refractivity contribution in [3.63, 3.8) is 0 Å². The SMILES string of the molecule is CNCc1ccc(-c2cn(C)c3ccccc23)nn1. The molecule has 2 aromatic heterocycles. The molecule has 0 aliphatic carbocycles. The molecule has 0 unspecified atom stereocenters. The Morgan fingerprint density at radius 2 is 1.95 bits per heavy atom. The molecule has 0 aliphatic heterocycles. The summed E-state index contributed by atoms with van der Waals surface area (Å²) >= 11 is 0. The number of nitrogens with one attached hydrogen (secondary N) is 1. The number of nitrogens with zero attached hydrogens (tertiary/aromatic N) is 3. The van der Waals surface area contributed by atoms with E-state index in [1.54, 1.807) is 0 Å². The van der Waals surface area contributed by atoms with Gasteiger partial charge in [0.05, 0.1) is 11.4 Å². The van der Waals surface area contributed by atoms with Crippen LogP contribution in [0.25, 0.3) is 22.2 Å². The zero-order valence-electron chi connectivity index (χ0n) is 11.1. The van der Waals surface area contributed by atoms with Crippen LogP contribution in [0, 0.1) is 0 Å². The maximum atomic E-state index is 4.33. The molecule has 2 heterocycles. The Kier molecular flexibility index (Phi) is 3.01. The summed E-state index contributed by atoms with van der Waals surface area (Å²) in [5.41, 5.74) is 4.20. The number of para-hydroxylation sites is 1. The van der Waals surface area contributed by atoms with Gasteiger partial charge in [-0.3, -0.25) is 0 Å². The van der Waals surface area contributed by atoms with E-state index < -0.39 is 0 Å². The van der Waals surface area contributed by atoms with Gasteiger partial charge in [-0.2, -0.15) is 10.2 Å². The molecule has 0 fully saturated rings. The molecule has 1 N–H and O–H groups in total. The fraction of sp³-hybridized carbons (Fsp3) is 0.200. The van der Waals surface area contributed by atoms with Gasteiger partial charge >= 0.3 is 0 Å². The molecule has 96 valence electrons. The number of rotatable bonds is 3. The van der Waals surface area contributed by atoms with E-state index >= 15 is 0 Å². The standard InChI is InChI=1S/C15H16N4/c1-16-9-11-7-8-14(18-17-11)13-10-19(2)15-6-4-3-5-12(13)15/h3-8,10,16H,9H2,1-2H3. The van der Waals surface area contributed by atoms with E-state index in [2.05, 4.69) is 51.5 Å². The van der Waals surface area contributed by atoms with Gasteiger partial charge in [-0.25, -0.2) is 0 Å². The van der Waals surface area contributed by atoms with Crippen LogP contribution in [0.1, 0.15) is 5.69 Å². The summed E-state index contributed by atoms with van der Waals surface area (Å²) in [5, 5.41) is 12.8. The highest BCUT2D eigenvalue weighted by molar-refractivity contribution is 5.94. The summed E-state index contributed by atoms with van der Waals surface area (Å²) in [4.78, 5) is 0. The lowest BCUT2D eigenvalue weighted by atomic mass is 10.1. The molecule has 0 saturated heterocycles. The lowest BCUT2D eigenvalue weighted by Gasteiger charge is -2.00. The van der Waals surface area contributed by atoms with Crippen molar-refractivity contribution in [2.75, 3.05) is 7.05 Å². The van der Waals surface area contributed by atoms with Gasteiger partial charge in [0.15, 0.2) is 0 Å². The lowest BCUT2D eigenvalue weighted by molar-refractivity contribution is 0.768. The molecule has 0 aliphatic rings. The molecule has 19 heavy (non-hydrogen) atoms. The Labute approximate surface area is 112 Å². The van der Waals surface area contributed by atoms with Crippen LogP contribution in [-0.4, -0.2) is 21.8 Å². The first kappa shape index (κ1) is 11.9. The minimum absolute atomic E-state index is 0.739. The minimum atomic E-state index is 0.739. The van der Waals surface area contributed by atoms with Crippen molar-refractivity contribution in [2.24, 2.45) is 7.05 Å². The van der Waals surface area contributed by atoms with Crippen molar-refractivity contribution in [1.29, 1.82) is 0 Å². The molecule has 3 aromatic rings. The Morgan fingerprint density at radius 3 is 2.68 bits per heavy atom. The molecule has 0 amide bonds. The first-order chi connectivity index (χ1) is 9.29. The van der Waals surface area contributed by atoms with Gasteiger partial charge < -0.3 is 9.88 Å². The average Bonchev–Trinajstić information content (AvgIpc) is 2.78. The van der Waals surface area contributed by atoms with E-state index in [1.807, 2.05) is 25.2 Å². The molecule has 0 bridgehead atoms. The van der Waals surface area contributed by atoms with Gasteiger partial charge in [0.1, 0.15) is 0 Å². The monoisotopic (exact) mass is 252 g/mol. The third kappa shape index (κ3) is 2.11. The number of hydrogen-bond donors (Lipinski definition) is 1. The number of aromatic nitrogens is 3. The number of aryl methyl sites for hydroxylation is 1. The summed E-state index contributed by atoms with van der Waals surface area (Å²) in [7, 11) is 3.95. The summed E-state index contributed by atoms with van der Waals surface area (Å²) < 4.78 is 2.12. The van der Waals surface area contributed by atoms with Gasteiger partial charge in [0, 0.05) is 36.3 Å². The van der Waals surface area contributed by atoms with E-state index in [4.69, 9.17) is 0 Å². The van der Waals surface area contributed by atoms with Crippen LogP contribution < -0.4 is 5.32 Å². The topological polar surface area (TPSA) is 42.7 Å². The Morgan fingerprint density at radius 1 is 1.11 bits per heavy atom. The second-order valence-electron chi connectivity index (χ2n) is 4.61. The van der Waals surface area contributed by atoms with E-state index in [0.29, 0.717) is 0 Å². The molecular formula is C15H16N4. The number of hydrogen-bond acceptors (Lipinski definition) is 3. The van der Waals surface area contributed by atoms with Crippen molar-refractivity contribution >= 4 is 10.9 Å². The van der Waals surface area contributed by atoms with E-state index in [9.17, 15) is 0 Å². The summed E-state index contributed by atoms with van der Waals surface area (Å²) in [6, 6.07) is 12.4. The molecule has 4 nitrogen and oxygen atoms in total. The second kappa shape index (κ2) is 4.82. The highest BCUT2D eigenvalue weighted by atomic mass is 15.1. The summed E-state index contributed by atoms with van der Waals surface area (Å²) in [5.74, 6) is 0. The number of fused-ring (bicyclic) bond motifs is 1. The Bertz CT molecular complexity index is 698. The van der Waals surface area contributed by atoms with E-state index in [1.165, 1.54) is 10.9 Å². The molecule has 3 rings (SSSR count). The summed E-state index contributed by atoms with van der Waals surface area (Å²) in [6.07, 6.45) is 2.10. The highest BCUT2D eigenvalue weighted by Crippen LogP contribution is 2.28. The van der Waals surface area contributed by atoms with Crippen molar-refractivity contribution in [1.82, 2.24) is 20.1 Å². The van der Waals surface area contributed by atoms with Crippen LogP contribution in [0.4, 0.5) is 0 Å². The van der Waals surface area contributed by atoms with Crippen LogP contribution in [0.5, 0.6) is 0 Å². The van der Waals surface area contributed by atoms with Crippen LogP contribution >= 0.6 is 0 Å². The van der Waals surface area contributed by atoms with Gasteiger partial charge in [-0.1, -0.05) is 18.2 Å². The maximum Gasteiger partial charge on any atom is 0.0951 e. The fourth-order valence-corrected chi connectivity index (χ4v) is 2.32. The van der Waals surface area contributed by atoms with Gasteiger partial charge in [-0.15, -0.1) is 0 Å². The average molecular weight is 252 g/mol. The van der Waals surface area contributed by atoms with Crippen molar-refractivity contribution in [2.45, 2.75) is 6.54 Å². The van der Waals surface area contributed by atoms with E-state index in [-0.39, 0.29) is 0 Å². The molecule has 4 heteroatoms. The molecule has 0 spiro atoms.